The Morgan fingerprint density at radius 3 is 2.67 bits per heavy atom. The normalized spacial score (nSPS) is 12.4. The third-order valence-corrected chi connectivity index (χ3v) is 4.05. The summed E-state index contributed by atoms with van der Waals surface area (Å²) in [5, 5.41) is 3.36. The predicted octanol–water partition coefficient (Wildman–Crippen LogP) is 4.57. The number of hydrogen-bond acceptors (Lipinski definition) is 3. The summed E-state index contributed by atoms with van der Waals surface area (Å²) in [6.45, 7) is 5.12. The minimum absolute atomic E-state index is 0.187. The lowest BCUT2D eigenvalue weighted by atomic mass is 10.2. The van der Waals surface area contributed by atoms with Gasteiger partial charge in [-0.25, -0.2) is 8.78 Å². The maximum Gasteiger partial charge on any atom is 0.140 e. The summed E-state index contributed by atoms with van der Waals surface area (Å²) in [5.41, 5.74) is 0.951. The Bertz CT molecular complexity index is 587. The average molecular weight is 308 g/mol. The first-order valence-corrected chi connectivity index (χ1v) is 7.74. The van der Waals surface area contributed by atoms with Gasteiger partial charge in [-0.15, -0.1) is 0 Å². The number of nitrogens with one attached hydrogen (secondary N) is 1. The van der Waals surface area contributed by atoms with Crippen molar-refractivity contribution in [2.24, 2.45) is 0 Å². The predicted molar refractivity (Wildman–Crippen MR) is 81.4 cm³/mol. The molecule has 0 spiro atoms. The SMILES string of the molecule is CCCNC(C)c1ccc(Sc2ccc(F)cc2F)cn1. The molecule has 21 heavy (non-hydrogen) atoms. The van der Waals surface area contributed by atoms with Crippen molar-refractivity contribution < 1.29 is 8.78 Å². The fraction of sp³-hybridized carbons (Fsp3) is 0.312. The lowest BCUT2D eigenvalue weighted by Gasteiger charge is -2.12. The van der Waals surface area contributed by atoms with Crippen LogP contribution in [-0.4, -0.2) is 11.5 Å². The fourth-order valence-electron chi connectivity index (χ4n) is 1.86. The van der Waals surface area contributed by atoms with Gasteiger partial charge in [0.1, 0.15) is 11.6 Å². The first kappa shape index (κ1) is 15.9. The van der Waals surface area contributed by atoms with Gasteiger partial charge in [0.25, 0.3) is 0 Å². The van der Waals surface area contributed by atoms with Crippen LogP contribution < -0.4 is 5.32 Å². The molecule has 0 radical (unpaired) electrons. The van der Waals surface area contributed by atoms with Crippen LogP contribution in [0, 0.1) is 11.6 Å². The maximum absolute atomic E-state index is 13.6. The molecular weight excluding hydrogens is 290 g/mol. The molecule has 0 bridgehead atoms. The fourth-order valence-corrected chi connectivity index (χ4v) is 2.65. The molecule has 5 heteroatoms. The van der Waals surface area contributed by atoms with Gasteiger partial charge in [-0.1, -0.05) is 18.7 Å². The second-order valence-electron chi connectivity index (χ2n) is 4.77. The van der Waals surface area contributed by atoms with Crippen LogP contribution in [-0.2, 0) is 0 Å². The Balaban J connectivity index is 2.05. The van der Waals surface area contributed by atoms with Gasteiger partial charge in [-0.05, 0) is 44.2 Å². The number of hydrogen-bond donors (Lipinski definition) is 1. The summed E-state index contributed by atoms with van der Waals surface area (Å²) >= 11 is 1.24. The second kappa shape index (κ2) is 7.52. The zero-order chi connectivity index (χ0) is 15.2. The Morgan fingerprint density at radius 1 is 1.24 bits per heavy atom. The molecule has 1 heterocycles. The minimum atomic E-state index is -0.568. The molecule has 1 aromatic carbocycles. The van der Waals surface area contributed by atoms with Gasteiger partial charge in [-0.2, -0.15) is 0 Å². The van der Waals surface area contributed by atoms with E-state index >= 15 is 0 Å². The number of halogens is 2. The maximum atomic E-state index is 13.6. The van der Waals surface area contributed by atoms with E-state index in [2.05, 4.69) is 24.1 Å². The highest BCUT2D eigenvalue weighted by Gasteiger charge is 2.08. The summed E-state index contributed by atoms with van der Waals surface area (Å²) in [4.78, 5) is 5.61. The van der Waals surface area contributed by atoms with Crippen LogP contribution in [0.15, 0.2) is 46.3 Å². The van der Waals surface area contributed by atoms with E-state index in [-0.39, 0.29) is 6.04 Å². The van der Waals surface area contributed by atoms with Gasteiger partial charge in [0, 0.05) is 28.1 Å². The highest BCUT2D eigenvalue weighted by molar-refractivity contribution is 7.99. The second-order valence-corrected chi connectivity index (χ2v) is 5.89. The van der Waals surface area contributed by atoms with E-state index in [1.54, 1.807) is 6.20 Å². The number of benzene rings is 1. The Labute approximate surface area is 128 Å². The molecule has 1 N–H and O–H groups in total. The molecular formula is C16H18F2N2S. The molecule has 2 nitrogen and oxygen atoms in total. The molecule has 0 aliphatic carbocycles. The van der Waals surface area contributed by atoms with Crippen LogP contribution in [0.1, 0.15) is 32.0 Å². The van der Waals surface area contributed by atoms with Crippen molar-refractivity contribution in [2.45, 2.75) is 36.1 Å². The third kappa shape index (κ3) is 4.51. The first-order valence-electron chi connectivity index (χ1n) is 6.92. The molecule has 0 aliphatic heterocycles. The van der Waals surface area contributed by atoms with Crippen molar-refractivity contribution in [1.29, 1.82) is 0 Å². The van der Waals surface area contributed by atoms with E-state index in [0.717, 1.165) is 29.6 Å². The summed E-state index contributed by atoms with van der Waals surface area (Å²) in [7, 11) is 0. The van der Waals surface area contributed by atoms with Gasteiger partial charge in [0.2, 0.25) is 0 Å². The average Bonchev–Trinajstić information content (AvgIpc) is 2.48. The lowest BCUT2D eigenvalue weighted by Crippen LogP contribution is -2.20. The van der Waals surface area contributed by atoms with Crippen molar-refractivity contribution in [3.05, 3.63) is 53.9 Å². The van der Waals surface area contributed by atoms with E-state index in [1.165, 1.54) is 23.9 Å². The van der Waals surface area contributed by atoms with E-state index in [9.17, 15) is 8.78 Å². The topological polar surface area (TPSA) is 24.9 Å². The quantitative estimate of drug-likeness (QED) is 0.846. The van der Waals surface area contributed by atoms with Crippen LogP contribution in [0.2, 0.25) is 0 Å². The van der Waals surface area contributed by atoms with Crippen LogP contribution >= 0.6 is 11.8 Å². The zero-order valence-corrected chi connectivity index (χ0v) is 12.9. The number of rotatable bonds is 6. The van der Waals surface area contributed by atoms with Gasteiger partial charge in [-0.3, -0.25) is 4.98 Å². The molecule has 0 amide bonds. The van der Waals surface area contributed by atoms with Crippen molar-refractivity contribution in [3.63, 3.8) is 0 Å². The van der Waals surface area contributed by atoms with Crippen LogP contribution in [0.5, 0.6) is 0 Å². The van der Waals surface area contributed by atoms with E-state index in [0.29, 0.717) is 4.90 Å². The Hall–Kier alpha value is -1.46. The highest BCUT2D eigenvalue weighted by atomic mass is 32.2. The molecule has 0 fully saturated rings. The summed E-state index contributed by atoms with van der Waals surface area (Å²) in [6, 6.07) is 7.60. The lowest BCUT2D eigenvalue weighted by molar-refractivity contribution is 0.558. The molecule has 0 saturated heterocycles. The zero-order valence-electron chi connectivity index (χ0n) is 12.1. The molecule has 1 unspecified atom stereocenters. The van der Waals surface area contributed by atoms with Crippen molar-refractivity contribution >= 4 is 11.8 Å². The first-order chi connectivity index (χ1) is 10.1. The molecule has 1 atom stereocenters. The number of nitrogens with zero attached hydrogens (tertiary/aromatic N) is 1. The van der Waals surface area contributed by atoms with Crippen LogP contribution in [0.4, 0.5) is 8.78 Å². The van der Waals surface area contributed by atoms with Gasteiger partial charge in [0.05, 0.1) is 5.69 Å². The van der Waals surface area contributed by atoms with Crippen molar-refractivity contribution in [2.75, 3.05) is 6.54 Å². The number of pyridine rings is 1. The summed E-state index contributed by atoms with van der Waals surface area (Å²) in [5.74, 6) is -1.12. The van der Waals surface area contributed by atoms with Crippen molar-refractivity contribution in [3.8, 4) is 0 Å². The molecule has 0 saturated carbocycles. The molecule has 112 valence electrons. The Morgan fingerprint density at radius 2 is 2.05 bits per heavy atom. The third-order valence-electron chi connectivity index (χ3n) is 3.03. The van der Waals surface area contributed by atoms with Gasteiger partial charge < -0.3 is 5.32 Å². The van der Waals surface area contributed by atoms with Crippen molar-refractivity contribution in [1.82, 2.24) is 10.3 Å². The highest BCUT2D eigenvalue weighted by Crippen LogP contribution is 2.30. The standard InChI is InChI=1S/C16H18F2N2S/c1-3-8-19-11(2)15-6-5-13(10-20-15)21-16-7-4-12(17)9-14(16)18/h4-7,9-11,19H,3,8H2,1-2H3. The molecule has 1 aromatic heterocycles. The Kier molecular flexibility index (Phi) is 5.70. The van der Waals surface area contributed by atoms with Crippen LogP contribution in [0.25, 0.3) is 0 Å². The van der Waals surface area contributed by atoms with E-state index < -0.39 is 11.6 Å². The van der Waals surface area contributed by atoms with E-state index in [4.69, 9.17) is 0 Å². The van der Waals surface area contributed by atoms with Gasteiger partial charge >= 0.3 is 0 Å². The molecule has 2 aromatic rings. The van der Waals surface area contributed by atoms with E-state index in [1.807, 2.05) is 12.1 Å². The molecule has 0 aliphatic rings. The summed E-state index contributed by atoms with van der Waals surface area (Å²) in [6.07, 6.45) is 2.79. The summed E-state index contributed by atoms with van der Waals surface area (Å²) < 4.78 is 26.5. The minimum Gasteiger partial charge on any atom is -0.309 e. The number of aromatic nitrogens is 1. The van der Waals surface area contributed by atoms with Gasteiger partial charge in [0.15, 0.2) is 0 Å². The smallest absolute Gasteiger partial charge is 0.140 e. The largest absolute Gasteiger partial charge is 0.309 e. The monoisotopic (exact) mass is 308 g/mol. The molecule has 2 rings (SSSR count). The van der Waals surface area contributed by atoms with Crippen LogP contribution in [0.3, 0.4) is 0 Å².